The van der Waals surface area contributed by atoms with Crippen LogP contribution in [0.15, 0.2) is 34.8 Å². The van der Waals surface area contributed by atoms with Crippen molar-refractivity contribution in [2.45, 2.75) is 0 Å². The Balaban J connectivity index is 2.41. The Morgan fingerprint density at radius 3 is 2.59 bits per heavy atom. The van der Waals surface area contributed by atoms with Gasteiger partial charge in [0.05, 0.1) is 7.11 Å². The normalized spacial score (nSPS) is 10.3. The van der Waals surface area contributed by atoms with Crippen LogP contribution in [0.1, 0.15) is 9.67 Å². The summed E-state index contributed by atoms with van der Waals surface area (Å²) in [5.41, 5.74) is 1.02. The molecular weight excluding hydrogens is 324 g/mol. The SMILES string of the molecule is COC(=O)c1sc(-c2ccc(Cl)cc2)cc1Br. The first-order valence-corrected chi connectivity index (χ1v) is 6.74. The molecule has 1 aromatic carbocycles. The first kappa shape index (κ1) is 12.6. The molecule has 2 rings (SSSR count). The molecular formula is C12H8BrClO2S. The highest BCUT2D eigenvalue weighted by atomic mass is 79.9. The quantitative estimate of drug-likeness (QED) is 0.751. The van der Waals surface area contributed by atoms with Crippen molar-refractivity contribution < 1.29 is 9.53 Å². The van der Waals surface area contributed by atoms with Crippen molar-refractivity contribution >= 4 is 44.8 Å². The van der Waals surface area contributed by atoms with Gasteiger partial charge in [-0.2, -0.15) is 0 Å². The highest BCUT2D eigenvalue weighted by molar-refractivity contribution is 9.10. The molecule has 0 radical (unpaired) electrons. The summed E-state index contributed by atoms with van der Waals surface area (Å²) >= 11 is 10.6. The number of hydrogen-bond acceptors (Lipinski definition) is 3. The number of carbonyl (C=O) groups is 1. The van der Waals surface area contributed by atoms with Crippen LogP contribution in [0.2, 0.25) is 5.02 Å². The van der Waals surface area contributed by atoms with Crippen LogP contribution in [0.25, 0.3) is 10.4 Å². The lowest BCUT2D eigenvalue weighted by Crippen LogP contribution is -1.97. The number of rotatable bonds is 2. The van der Waals surface area contributed by atoms with E-state index in [2.05, 4.69) is 15.9 Å². The first-order valence-electron chi connectivity index (χ1n) is 4.75. The largest absolute Gasteiger partial charge is 0.465 e. The molecule has 0 spiro atoms. The van der Waals surface area contributed by atoms with Crippen molar-refractivity contribution in [2.24, 2.45) is 0 Å². The van der Waals surface area contributed by atoms with E-state index in [0.29, 0.717) is 9.90 Å². The van der Waals surface area contributed by atoms with Crippen molar-refractivity contribution in [3.8, 4) is 10.4 Å². The summed E-state index contributed by atoms with van der Waals surface area (Å²) in [6.07, 6.45) is 0. The molecule has 1 aromatic heterocycles. The van der Waals surface area contributed by atoms with Gasteiger partial charge in [0.25, 0.3) is 0 Å². The molecule has 0 atom stereocenters. The van der Waals surface area contributed by atoms with E-state index in [-0.39, 0.29) is 5.97 Å². The zero-order chi connectivity index (χ0) is 12.4. The molecule has 1 heterocycles. The second-order valence-corrected chi connectivity index (χ2v) is 5.63. The molecule has 0 amide bonds. The predicted octanol–water partition coefficient (Wildman–Crippen LogP) is 4.62. The third-order valence-electron chi connectivity index (χ3n) is 2.19. The smallest absolute Gasteiger partial charge is 0.349 e. The van der Waals surface area contributed by atoms with E-state index < -0.39 is 0 Å². The number of benzene rings is 1. The number of esters is 1. The lowest BCUT2D eigenvalue weighted by atomic mass is 10.2. The van der Waals surface area contributed by atoms with Gasteiger partial charge in [-0.15, -0.1) is 11.3 Å². The molecule has 2 nitrogen and oxygen atoms in total. The van der Waals surface area contributed by atoms with Gasteiger partial charge in [0.1, 0.15) is 4.88 Å². The minimum atomic E-state index is -0.331. The Morgan fingerprint density at radius 2 is 2.00 bits per heavy atom. The van der Waals surface area contributed by atoms with Crippen LogP contribution in [-0.2, 0) is 4.74 Å². The fourth-order valence-corrected chi connectivity index (χ4v) is 3.24. The number of methoxy groups -OCH3 is 1. The minimum Gasteiger partial charge on any atom is -0.465 e. The van der Waals surface area contributed by atoms with E-state index in [9.17, 15) is 4.79 Å². The molecule has 0 aliphatic carbocycles. The minimum absolute atomic E-state index is 0.331. The van der Waals surface area contributed by atoms with Crippen LogP contribution in [0, 0.1) is 0 Å². The molecule has 17 heavy (non-hydrogen) atoms. The van der Waals surface area contributed by atoms with Gasteiger partial charge < -0.3 is 4.74 Å². The second kappa shape index (κ2) is 5.21. The Hall–Kier alpha value is -0.840. The van der Waals surface area contributed by atoms with Crippen LogP contribution in [0.5, 0.6) is 0 Å². The highest BCUT2D eigenvalue weighted by Crippen LogP contribution is 2.35. The molecule has 0 aliphatic rings. The van der Waals surface area contributed by atoms with Crippen LogP contribution in [-0.4, -0.2) is 13.1 Å². The molecule has 2 aromatic rings. The highest BCUT2D eigenvalue weighted by Gasteiger charge is 2.15. The van der Waals surface area contributed by atoms with Crippen LogP contribution in [0.3, 0.4) is 0 Å². The second-order valence-electron chi connectivity index (χ2n) is 3.29. The molecule has 0 saturated carbocycles. The summed E-state index contributed by atoms with van der Waals surface area (Å²) in [6, 6.07) is 9.38. The standard InChI is InChI=1S/C12H8BrClO2S/c1-16-12(15)11-9(13)6-10(17-11)7-2-4-8(14)5-3-7/h2-6H,1H3. The summed E-state index contributed by atoms with van der Waals surface area (Å²) in [7, 11) is 1.37. The Bertz CT molecular complexity index is 548. The fourth-order valence-electron chi connectivity index (χ4n) is 1.36. The maximum atomic E-state index is 11.5. The van der Waals surface area contributed by atoms with E-state index in [1.165, 1.54) is 18.4 Å². The zero-order valence-corrected chi connectivity index (χ0v) is 12.0. The van der Waals surface area contributed by atoms with Gasteiger partial charge in [-0.05, 0) is 39.7 Å². The molecule has 5 heteroatoms. The summed E-state index contributed by atoms with van der Waals surface area (Å²) in [6.45, 7) is 0. The number of halogens is 2. The predicted molar refractivity (Wildman–Crippen MR) is 73.8 cm³/mol. The number of carbonyl (C=O) groups excluding carboxylic acids is 1. The van der Waals surface area contributed by atoms with Gasteiger partial charge in [-0.3, -0.25) is 0 Å². The number of hydrogen-bond donors (Lipinski definition) is 0. The van der Waals surface area contributed by atoms with Gasteiger partial charge in [0.15, 0.2) is 0 Å². The third-order valence-corrected chi connectivity index (χ3v) is 4.49. The van der Waals surface area contributed by atoms with Crippen LogP contribution in [0.4, 0.5) is 0 Å². The molecule has 0 unspecified atom stereocenters. The van der Waals surface area contributed by atoms with E-state index >= 15 is 0 Å². The maximum Gasteiger partial charge on any atom is 0.349 e. The van der Waals surface area contributed by atoms with E-state index in [0.717, 1.165) is 14.9 Å². The molecule has 0 aliphatic heterocycles. The average molecular weight is 332 g/mol. The average Bonchev–Trinajstić information content (AvgIpc) is 2.71. The third kappa shape index (κ3) is 2.70. The van der Waals surface area contributed by atoms with Crippen LogP contribution >= 0.6 is 38.9 Å². The lowest BCUT2D eigenvalue weighted by Gasteiger charge is -1.96. The Morgan fingerprint density at radius 1 is 1.35 bits per heavy atom. The van der Waals surface area contributed by atoms with Crippen molar-refractivity contribution in [1.82, 2.24) is 0 Å². The van der Waals surface area contributed by atoms with Crippen LogP contribution < -0.4 is 0 Å². The van der Waals surface area contributed by atoms with Crippen molar-refractivity contribution in [3.63, 3.8) is 0 Å². The lowest BCUT2D eigenvalue weighted by molar-refractivity contribution is 0.0605. The van der Waals surface area contributed by atoms with Gasteiger partial charge in [-0.25, -0.2) is 4.79 Å². The first-order chi connectivity index (χ1) is 8.11. The summed E-state index contributed by atoms with van der Waals surface area (Å²) in [5, 5.41) is 0.692. The summed E-state index contributed by atoms with van der Waals surface area (Å²) in [4.78, 5) is 13.0. The molecule has 0 bridgehead atoms. The molecule has 0 saturated heterocycles. The van der Waals surface area contributed by atoms with Crippen molar-refractivity contribution in [1.29, 1.82) is 0 Å². The van der Waals surface area contributed by atoms with E-state index in [1.807, 2.05) is 30.3 Å². The van der Waals surface area contributed by atoms with Crippen molar-refractivity contribution in [2.75, 3.05) is 7.11 Å². The monoisotopic (exact) mass is 330 g/mol. The maximum absolute atomic E-state index is 11.5. The van der Waals surface area contributed by atoms with Gasteiger partial charge in [0, 0.05) is 14.4 Å². The fraction of sp³-hybridized carbons (Fsp3) is 0.0833. The van der Waals surface area contributed by atoms with Crippen molar-refractivity contribution in [3.05, 3.63) is 44.7 Å². The molecule has 88 valence electrons. The summed E-state index contributed by atoms with van der Waals surface area (Å²) < 4.78 is 5.46. The number of thiophene rings is 1. The van der Waals surface area contributed by atoms with Gasteiger partial charge in [0.2, 0.25) is 0 Å². The molecule has 0 N–H and O–H groups in total. The number of ether oxygens (including phenoxy) is 1. The zero-order valence-electron chi connectivity index (χ0n) is 8.87. The van der Waals surface area contributed by atoms with Gasteiger partial charge in [-0.1, -0.05) is 23.7 Å². The van der Waals surface area contributed by atoms with E-state index in [1.54, 1.807) is 0 Å². The Labute approximate surface area is 116 Å². The topological polar surface area (TPSA) is 26.3 Å². The molecule has 0 fully saturated rings. The van der Waals surface area contributed by atoms with E-state index in [4.69, 9.17) is 16.3 Å². The Kier molecular flexibility index (Phi) is 3.86. The summed E-state index contributed by atoms with van der Waals surface area (Å²) in [5.74, 6) is -0.331. The van der Waals surface area contributed by atoms with Gasteiger partial charge >= 0.3 is 5.97 Å².